The van der Waals surface area contributed by atoms with Crippen LogP contribution in [0.2, 0.25) is 0 Å². The number of rotatable bonds is 4. The number of aromatic nitrogens is 3. The van der Waals surface area contributed by atoms with Crippen LogP contribution in [-0.2, 0) is 4.79 Å². The highest BCUT2D eigenvalue weighted by Gasteiger charge is 2.25. The van der Waals surface area contributed by atoms with E-state index in [1.54, 1.807) is 20.8 Å². The molecular weight excluding hydrogens is 212 g/mol. The van der Waals surface area contributed by atoms with E-state index < -0.39 is 17.9 Å². The highest BCUT2D eigenvalue weighted by Crippen LogP contribution is 2.02. The normalized spacial score (nSPS) is 12.5. The molecule has 16 heavy (non-hydrogen) atoms. The van der Waals surface area contributed by atoms with Crippen LogP contribution in [0.25, 0.3) is 0 Å². The van der Waals surface area contributed by atoms with Crippen molar-refractivity contribution in [2.45, 2.75) is 26.8 Å². The first-order chi connectivity index (χ1) is 7.41. The van der Waals surface area contributed by atoms with Gasteiger partial charge in [-0.3, -0.25) is 9.89 Å². The zero-order valence-corrected chi connectivity index (χ0v) is 9.31. The lowest BCUT2D eigenvalue weighted by atomic mass is 10.1. The van der Waals surface area contributed by atoms with Crippen LogP contribution in [0.4, 0.5) is 0 Å². The van der Waals surface area contributed by atoms with Gasteiger partial charge in [-0.15, -0.1) is 5.10 Å². The van der Waals surface area contributed by atoms with Gasteiger partial charge in [-0.2, -0.15) is 0 Å². The predicted molar refractivity (Wildman–Crippen MR) is 54.8 cm³/mol. The van der Waals surface area contributed by atoms with Crippen molar-refractivity contribution in [2.24, 2.45) is 5.92 Å². The average molecular weight is 226 g/mol. The number of aromatic amines is 1. The van der Waals surface area contributed by atoms with Crippen LogP contribution in [0, 0.1) is 12.8 Å². The van der Waals surface area contributed by atoms with E-state index in [0.717, 1.165) is 0 Å². The van der Waals surface area contributed by atoms with Crippen molar-refractivity contribution < 1.29 is 14.7 Å². The maximum atomic E-state index is 11.6. The SMILES string of the molecule is Cc1nc(C(=O)NC(C(=O)O)C(C)C)n[nH]1. The van der Waals surface area contributed by atoms with Gasteiger partial charge >= 0.3 is 5.97 Å². The number of nitrogens with zero attached hydrogens (tertiary/aromatic N) is 2. The summed E-state index contributed by atoms with van der Waals surface area (Å²) in [6, 6.07) is -0.939. The number of hydrogen-bond donors (Lipinski definition) is 3. The molecule has 0 saturated heterocycles. The molecule has 7 heteroatoms. The van der Waals surface area contributed by atoms with Crippen molar-refractivity contribution >= 4 is 11.9 Å². The summed E-state index contributed by atoms with van der Waals surface area (Å²) in [6.45, 7) is 5.07. The van der Waals surface area contributed by atoms with Crippen LogP contribution in [0.5, 0.6) is 0 Å². The minimum absolute atomic E-state index is 0.0515. The second-order valence-corrected chi connectivity index (χ2v) is 3.78. The Hall–Kier alpha value is -1.92. The Balaban J connectivity index is 2.73. The van der Waals surface area contributed by atoms with Gasteiger partial charge in [-0.1, -0.05) is 13.8 Å². The van der Waals surface area contributed by atoms with Gasteiger partial charge < -0.3 is 10.4 Å². The molecule has 0 saturated carbocycles. The van der Waals surface area contributed by atoms with Gasteiger partial charge in [0.25, 0.3) is 5.91 Å². The molecule has 7 nitrogen and oxygen atoms in total. The second-order valence-electron chi connectivity index (χ2n) is 3.78. The highest BCUT2D eigenvalue weighted by molar-refractivity contribution is 5.93. The van der Waals surface area contributed by atoms with Gasteiger partial charge in [0, 0.05) is 0 Å². The van der Waals surface area contributed by atoms with Crippen LogP contribution in [-0.4, -0.2) is 38.2 Å². The second kappa shape index (κ2) is 4.73. The summed E-state index contributed by atoms with van der Waals surface area (Å²) >= 11 is 0. The summed E-state index contributed by atoms with van der Waals surface area (Å²) in [4.78, 5) is 26.2. The fourth-order valence-corrected chi connectivity index (χ4v) is 1.16. The minimum Gasteiger partial charge on any atom is -0.480 e. The molecule has 0 radical (unpaired) electrons. The summed E-state index contributed by atoms with van der Waals surface area (Å²) in [5, 5.41) is 17.4. The average Bonchev–Trinajstić information content (AvgIpc) is 2.59. The molecule has 1 amide bonds. The van der Waals surface area contributed by atoms with E-state index in [1.807, 2.05) is 0 Å². The molecule has 1 heterocycles. The monoisotopic (exact) mass is 226 g/mol. The predicted octanol–water partition coefficient (Wildman–Crippen LogP) is -0.0479. The van der Waals surface area contributed by atoms with Crippen LogP contribution in [0.1, 0.15) is 30.3 Å². The Bertz CT molecular complexity index is 399. The standard InChI is InChI=1S/C9H14N4O3/c1-4(2)6(9(15)16)11-8(14)7-10-5(3)12-13-7/h4,6H,1-3H3,(H,11,14)(H,15,16)(H,10,12,13). The number of carbonyl (C=O) groups is 2. The van der Waals surface area contributed by atoms with E-state index in [-0.39, 0.29) is 11.7 Å². The van der Waals surface area contributed by atoms with E-state index in [1.165, 1.54) is 0 Å². The van der Waals surface area contributed by atoms with Crippen LogP contribution >= 0.6 is 0 Å². The van der Waals surface area contributed by atoms with Crippen LogP contribution in [0.3, 0.4) is 0 Å². The fraction of sp³-hybridized carbons (Fsp3) is 0.556. The van der Waals surface area contributed by atoms with Crippen molar-refractivity contribution in [1.29, 1.82) is 0 Å². The number of aliphatic carboxylic acids is 1. The lowest BCUT2D eigenvalue weighted by Crippen LogP contribution is -2.44. The third kappa shape index (κ3) is 2.78. The van der Waals surface area contributed by atoms with Gasteiger partial charge in [0.1, 0.15) is 11.9 Å². The molecule has 0 spiro atoms. The van der Waals surface area contributed by atoms with Crippen LogP contribution < -0.4 is 5.32 Å². The molecule has 88 valence electrons. The number of carboxylic acid groups (broad SMARTS) is 1. The number of nitrogens with one attached hydrogen (secondary N) is 2. The summed E-state index contributed by atoms with van der Waals surface area (Å²) in [6.07, 6.45) is 0. The number of carboxylic acids is 1. The van der Waals surface area contributed by atoms with Gasteiger partial charge in [-0.25, -0.2) is 9.78 Å². The first kappa shape index (κ1) is 12.2. The molecule has 1 unspecified atom stereocenters. The molecule has 1 aromatic rings. The lowest BCUT2D eigenvalue weighted by Gasteiger charge is -2.16. The maximum Gasteiger partial charge on any atom is 0.326 e. The molecule has 3 N–H and O–H groups in total. The zero-order chi connectivity index (χ0) is 12.3. The third-order valence-electron chi connectivity index (χ3n) is 2.02. The van der Waals surface area contributed by atoms with Crippen molar-refractivity contribution in [2.75, 3.05) is 0 Å². The zero-order valence-electron chi connectivity index (χ0n) is 9.31. The molecule has 1 atom stereocenters. The van der Waals surface area contributed by atoms with Gasteiger partial charge in [0.2, 0.25) is 5.82 Å². The van der Waals surface area contributed by atoms with Crippen LogP contribution in [0.15, 0.2) is 0 Å². The number of H-pyrrole nitrogens is 1. The van der Waals surface area contributed by atoms with Gasteiger partial charge in [0.15, 0.2) is 0 Å². The number of amides is 1. The quantitative estimate of drug-likeness (QED) is 0.667. The lowest BCUT2D eigenvalue weighted by molar-refractivity contribution is -0.140. The van der Waals surface area contributed by atoms with E-state index >= 15 is 0 Å². The molecule has 0 aliphatic rings. The first-order valence-corrected chi connectivity index (χ1v) is 4.84. The molecule has 0 aromatic carbocycles. The summed E-state index contributed by atoms with van der Waals surface area (Å²) in [5.41, 5.74) is 0. The topological polar surface area (TPSA) is 108 Å². The molecule has 1 rings (SSSR count). The van der Waals surface area contributed by atoms with E-state index in [4.69, 9.17) is 5.11 Å². The first-order valence-electron chi connectivity index (χ1n) is 4.84. The van der Waals surface area contributed by atoms with E-state index in [9.17, 15) is 9.59 Å². The summed E-state index contributed by atoms with van der Waals surface area (Å²) < 4.78 is 0. The highest BCUT2D eigenvalue weighted by atomic mass is 16.4. The Morgan fingerprint density at radius 3 is 2.44 bits per heavy atom. The summed E-state index contributed by atoms with van der Waals surface area (Å²) in [7, 11) is 0. The number of hydrogen-bond acceptors (Lipinski definition) is 4. The van der Waals surface area contributed by atoms with Crippen molar-refractivity contribution in [3.05, 3.63) is 11.6 Å². The third-order valence-corrected chi connectivity index (χ3v) is 2.02. The largest absolute Gasteiger partial charge is 0.480 e. The smallest absolute Gasteiger partial charge is 0.326 e. The van der Waals surface area contributed by atoms with E-state index in [2.05, 4.69) is 20.5 Å². The molecule has 0 fully saturated rings. The molecular formula is C9H14N4O3. The maximum absolute atomic E-state index is 11.6. The van der Waals surface area contributed by atoms with Crippen molar-refractivity contribution in [1.82, 2.24) is 20.5 Å². The molecule has 1 aromatic heterocycles. The van der Waals surface area contributed by atoms with Crippen molar-refractivity contribution in [3.63, 3.8) is 0 Å². The number of carbonyl (C=O) groups excluding carboxylic acids is 1. The summed E-state index contributed by atoms with van der Waals surface area (Å²) in [5.74, 6) is -1.42. The Morgan fingerprint density at radius 1 is 1.44 bits per heavy atom. The Morgan fingerprint density at radius 2 is 2.06 bits per heavy atom. The fourth-order valence-electron chi connectivity index (χ4n) is 1.16. The minimum atomic E-state index is -1.07. The molecule has 0 aliphatic heterocycles. The molecule has 0 aliphatic carbocycles. The Kier molecular flexibility index (Phi) is 3.60. The Labute approximate surface area is 92.3 Å². The molecule has 0 bridgehead atoms. The van der Waals surface area contributed by atoms with Gasteiger partial charge in [-0.05, 0) is 12.8 Å². The van der Waals surface area contributed by atoms with E-state index in [0.29, 0.717) is 5.82 Å². The van der Waals surface area contributed by atoms with Crippen molar-refractivity contribution in [3.8, 4) is 0 Å². The van der Waals surface area contributed by atoms with Gasteiger partial charge in [0.05, 0.1) is 0 Å². The number of aryl methyl sites for hydroxylation is 1.